The Morgan fingerprint density at radius 1 is 1.15 bits per heavy atom. The molecule has 1 aromatic carbocycles. The Morgan fingerprint density at radius 2 is 1.73 bits per heavy atom. The zero-order chi connectivity index (χ0) is 20.0. The third-order valence-electron chi connectivity index (χ3n) is 3.78. The molecule has 0 saturated heterocycles. The number of benzene rings is 1. The highest BCUT2D eigenvalue weighted by atomic mass is 19.4. The number of alkyl carbamates (subject to hydrolysis) is 1. The number of carbonyl (C=O) groups excluding carboxylic acids is 2. The van der Waals surface area contributed by atoms with Crippen LogP contribution in [0.3, 0.4) is 0 Å². The Balaban J connectivity index is 2.63. The molecule has 146 valence electrons. The minimum Gasteiger partial charge on any atom is -0.445 e. The molecule has 1 N–H and O–H groups in total. The van der Waals surface area contributed by atoms with E-state index < -0.39 is 36.1 Å². The smallest absolute Gasteiger partial charge is 0.407 e. The van der Waals surface area contributed by atoms with Gasteiger partial charge in [-0.05, 0) is 11.0 Å². The van der Waals surface area contributed by atoms with E-state index in [2.05, 4.69) is 5.32 Å². The molecule has 1 aromatic rings. The molecule has 0 saturated carbocycles. The van der Waals surface area contributed by atoms with Crippen molar-refractivity contribution in [1.82, 2.24) is 10.2 Å². The fraction of sp³-hybridized carbons (Fsp3) is 0.556. The summed E-state index contributed by atoms with van der Waals surface area (Å²) >= 11 is 0. The molecule has 5 nitrogen and oxygen atoms in total. The molecule has 1 rings (SSSR count). The van der Waals surface area contributed by atoms with Crippen LogP contribution in [0.25, 0.3) is 0 Å². The molecule has 0 aliphatic rings. The lowest BCUT2D eigenvalue weighted by Gasteiger charge is -2.34. The van der Waals surface area contributed by atoms with Crippen LogP contribution in [0.2, 0.25) is 0 Å². The number of nitrogens with one attached hydrogen (secondary N) is 1. The largest absolute Gasteiger partial charge is 0.445 e. The van der Waals surface area contributed by atoms with E-state index in [1.807, 2.05) is 39.0 Å². The molecule has 0 radical (unpaired) electrons. The molecule has 2 amide bonds. The number of carbonyl (C=O) groups is 2. The number of rotatable bonds is 6. The molecule has 0 spiro atoms. The first kappa shape index (κ1) is 21.8. The van der Waals surface area contributed by atoms with Crippen LogP contribution in [0.15, 0.2) is 30.3 Å². The maximum Gasteiger partial charge on any atom is 0.407 e. The predicted octanol–water partition coefficient (Wildman–Crippen LogP) is 3.74. The third kappa shape index (κ3) is 8.22. The number of halogens is 3. The minimum absolute atomic E-state index is 0.0567. The van der Waals surface area contributed by atoms with E-state index in [-0.39, 0.29) is 13.2 Å². The van der Waals surface area contributed by atoms with Crippen LogP contribution in [-0.2, 0) is 16.1 Å². The summed E-state index contributed by atoms with van der Waals surface area (Å²) < 4.78 is 42.3. The Hall–Kier alpha value is -2.25. The zero-order valence-corrected chi connectivity index (χ0v) is 15.4. The fourth-order valence-electron chi connectivity index (χ4n) is 2.13. The predicted molar refractivity (Wildman–Crippen MR) is 91.3 cm³/mol. The summed E-state index contributed by atoms with van der Waals surface area (Å²) in [7, 11) is 1.28. The molecular formula is C18H25F3N2O3. The van der Waals surface area contributed by atoms with Crippen LogP contribution < -0.4 is 5.32 Å². The van der Waals surface area contributed by atoms with Gasteiger partial charge >= 0.3 is 12.3 Å². The van der Waals surface area contributed by atoms with Gasteiger partial charge in [0.1, 0.15) is 13.0 Å². The summed E-state index contributed by atoms with van der Waals surface area (Å²) in [4.78, 5) is 24.7. The highest BCUT2D eigenvalue weighted by Gasteiger charge is 2.35. The lowest BCUT2D eigenvalue weighted by atomic mass is 9.86. The third-order valence-corrected chi connectivity index (χ3v) is 3.78. The number of likely N-dealkylation sites (N-methyl/N-ethyl adjacent to an activating group) is 1. The van der Waals surface area contributed by atoms with Gasteiger partial charge in [0, 0.05) is 13.6 Å². The average Bonchev–Trinajstić information content (AvgIpc) is 2.50. The summed E-state index contributed by atoms with van der Waals surface area (Å²) in [5.74, 6) is -1.05. The molecule has 0 aromatic heterocycles. The lowest BCUT2D eigenvalue weighted by molar-refractivity contribution is -0.160. The van der Waals surface area contributed by atoms with Gasteiger partial charge in [0.05, 0.1) is 6.04 Å². The van der Waals surface area contributed by atoms with E-state index in [0.29, 0.717) is 0 Å². The van der Waals surface area contributed by atoms with E-state index in [0.717, 1.165) is 10.5 Å². The summed E-state index contributed by atoms with van der Waals surface area (Å²) in [6.45, 7) is 5.47. The SMILES string of the molecule is CN(C[C@@H](NC(=O)OCc1ccccc1)C(C)(C)C)C(=O)CC(F)(F)F. The van der Waals surface area contributed by atoms with Crippen molar-refractivity contribution in [3.8, 4) is 0 Å². The molecular weight excluding hydrogens is 349 g/mol. The normalized spacial score (nSPS) is 13.0. The highest BCUT2D eigenvalue weighted by molar-refractivity contribution is 5.76. The second-order valence-corrected chi connectivity index (χ2v) is 7.19. The van der Waals surface area contributed by atoms with E-state index in [4.69, 9.17) is 4.74 Å². The van der Waals surface area contributed by atoms with Crippen molar-refractivity contribution in [1.29, 1.82) is 0 Å². The van der Waals surface area contributed by atoms with Gasteiger partial charge in [-0.3, -0.25) is 4.79 Å². The maximum absolute atomic E-state index is 12.4. The minimum atomic E-state index is -4.56. The summed E-state index contributed by atoms with van der Waals surface area (Å²) in [6, 6.07) is 8.50. The van der Waals surface area contributed by atoms with Gasteiger partial charge in [-0.2, -0.15) is 13.2 Å². The van der Waals surface area contributed by atoms with Gasteiger partial charge in [-0.25, -0.2) is 4.79 Å². The molecule has 0 aliphatic carbocycles. The molecule has 8 heteroatoms. The first-order valence-electron chi connectivity index (χ1n) is 8.16. The standard InChI is InChI=1S/C18H25F3N2O3/c1-17(2,3)14(11-23(4)15(24)10-18(19,20)21)22-16(25)26-12-13-8-6-5-7-9-13/h5-9,14H,10-12H2,1-4H3,(H,22,25)/t14-/m1/s1. The van der Waals surface area contributed by atoms with Gasteiger partial charge in [-0.15, -0.1) is 0 Å². The van der Waals surface area contributed by atoms with Crippen molar-refractivity contribution in [2.75, 3.05) is 13.6 Å². The van der Waals surface area contributed by atoms with Crippen LogP contribution in [-0.4, -0.2) is 42.7 Å². The van der Waals surface area contributed by atoms with E-state index >= 15 is 0 Å². The summed E-state index contributed by atoms with van der Waals surface area (Å²) in [5.41, 5.74) is 0.325. The van der Waals surface area contributed by atoms with Gasteiger partial charge in [-0.1, -0.05) is 51.1 Å². The lowest BCUT2D eigenvalue weighted by Crippen LogP contribution is -2.51. The van der Waals surface area contributed by atoms with Crippen molar-refractivity contribution in [2.45, 2.75) is 46.0 Å². The topological polar surface area (TPSA) is 58.6 Å². The Bertz CT molecular complexity index is 598. The molecule has 0 heterocycles. The summed E-state index contributed by atoms with van der Waals surface area (Å²) in [6.07, 6.45) is -6.78. The van der Waals surface area contributed by atoms with Crippen molar-refractivity contribution in [3.63, 3.8) is 0 Å². The number of alkyl halides is 3. The average molecular weight is 374 g/mol. The maximum atomic E-state index is 12.4. The second-order valence-electron chi connectivity index (χ2n) is 7.19. The van der Waals surface area contributed by atoms with Gasteiger partial charge in [0.15, 0.2) is 0 Å². The molecule has 0 aliphatic heterocycles. The first-order chi connectivity index (χ1) is 11.9. The number of amides is 2. The van der Waals surface area contributed by atoms with Gasteiger partial charge in [0.2, 0.25) is 5.91 Å². The van der Waals surface area contributed by atoms with Crippen molar-refractivity contribution >= 4 is 12.0 Å². The zero-order valence-electron chi connectivity index (χ0n) is 15.4. The van der Waals surface area contributed by atoms with Gasteiger partial charge in [0.25, 0.3) is 0 Å². The number of hydrogen-bond acceptors (Lipinski definition) is 3. The quantitative estimate of drug-likeness (QED) is 0.825. The number of nitrogens with zero attached hydrogens (tertiary/aromatic N) is 1. The molecule has 0 bridgehead atoms. The fourth-order valence-corrected chi connectivity index (χ4v) is 2.13. The van der Waals surface area contributed by atoms with Gasteiger partial charge < -0.3 is 15.0 Å². The molecule has 1 atom stereocenters. The van der Waals surface area contributed by atoms with Crippen LogP contribution in [0.5, 0.6) is 0 Å². The van der Waals surface area contributed by atoms with Crippen LogP contribution in [0, 0.1) is 5.41 Å². The van der Waals surface area contributed by atoms with Crippen LogP contribution in [0.4, 0.5) is 18.0 Å². The Morgan fingerprint density at radius 3 is 2.23 bits per heavy atom. The Kier molecular flexibility index (Phi) is 7.47. The second kappa shape index (κ2) is 8.91. The van der Waals surface area contributed by atoms with E-state index in [1.165, 1.54) is 7.05 Å². The van der Waals surface area contributed by atoms with Crippen LogP contribution >= 0.6 is 0 Å². The van der Waals surface area contributed by atoms with E-state index in [1.54, 1.807) is 12.1 Å². The Labute approximate surface area is 151 Å². The van der Waals surface area contributed by atoms with Crippen molar-refractivity contribution in [2.24, 2.45) is 5.41 Å². The summed E-state index contributed by atoms with van der Waals surface area (Å²) in [5, 5.41) is 2.64. The molecule has 0 unspecified atom stereocenters. The van der Waals surface area contributed by atoms with Crippen LogP contribution in [0.1, 0.15) is 32.8 Å². The molecule has 0 fully saturated rings. The monoisotopic (exact) mass is 374 g/mol. The number of hydrogen-bond donors (Lipinski definition) is 1. The van der Waals surface area contributed by atoms with Crippen molar-refractivity contribution in [3.05, 3.63) is 35.9 Å². The first-order valence-corrected chi connectivity index (χ1v) is 8.16. The highest BCUT2D eigenvalue weighted by Crippen LogP contribution is 2.23. The molecule has 26 heavy (non-hydrogen) atoms. The number of ether oxygens (including phenoxy) is 1. The van der Waals surface area contributed by atoms with E-state index in [9.17, 15) is 22.8 Å². The van der Waals surface area contributed by atoms with Crippen molar-refractivity contribution < 1.29 is 27.5 Å².